The van der Waals surface area contributed by atoms with Crippen molar-refractivity contribution in [3.8, 4) is 5.75 Å². The second-order valence-corrected chi connectivity index (χ2v) is 3.49. The van der Waals surface area contributed by atoms with Crippen LogP contribution in [0.15, 0.2) is 18.2 Å². The highest BCUT2D eigenvalue weighted by Gasteiger charge is 2.21. The number of hydrogen-bond acceptors (Lipinski definition) is 4. The fourth-order valence-corrected chi connectivity index (χ4v) is 1.42. The van der Waals surface area contributed by atoms with E-state index in [0.717, 1.165) is 18.2 Å². The van der Waals surface area contributed by atoms with Crippen LogP contribution in [-0.4, -0.2) is 22.6 Å². The summed E-state index contributed by atoms with van der Waals surface area (Å²) in [5.41, 5.74) is -0.335. The van der Waals surface area contributed by atoms with Gasteiger partial charge in [0, 0.05) is 12.1 Å². The molecule has 0 aliphatic carbocycles. The van der Waals surface area contributed by atoms with Gasteiger partial charge in [0.15, 0.2) is 0 Å². The third-order valence-electron chi connectivity index (χ3n) is 2.10. The predicted molar refractivity (Wildman–Crippen MR) is 61.1 cm³/mol. The SMILES string of the molecule is Cc1cc(/C=C/C(=O)O)cc([N+](=O)[O-])c1OC(F)F. The van der Waals surface area contributed by atoms with Gasteiger partial charge in [0.1, 0.15) is 0 Å². The van der Waals surface area contributed by atoms with Crippen molar-refractivity contribution in [1.29, 1.82) is 0 Å². The number of rotatable bonds is 5. The van der Waals surface area contributed by atoms with Gasteiger partial charge in [-0.05, 0) is 30.2 Å². The normalized spacial score (nSPS) is 10.9. The Labute approximate surface area is 106 Å². The number of aliphatic carboxylic acids is 1. The lowest BCUT2D eigenvalue weighted by molar-refractivity contribution is -0.386. The summed E-state index contributed by atoms with van der Waals surface area (Å²) >= 11 is 0. The number of nitrogens with zero attached hydrogens (tertiary/aromatic N) is 1. The average Bonchev–Trinajstić information content (AvgIpc) is 2.28. The van der Waals surface area contributed by atoms with Crippen LogP contribution in [-0.2, 0) is 4.79 Å². The molecule has 19 heavy (non-hydrogen) atoms. The topological polar surface area (TPSA) is 89.7 Å². The molecular formula is C11H9F2NO5. The van der Waals surface area contributed by atoms with Crippen LogP contribution in [0.25, 0.3) is 6.08 Å². The van der Waals surface area contributed by atoms with Gasteiger partial charge in [-0.15, -0.1) is 0 Å². The lowest BCUT2D eigenvalue weighted by Gasteiger charge is -2.09. The lowest BCUT2D eigenvalue weighted by atomic mass is 10.1. The van der Waals surface area contributed by atoms with E-state index in [0.29, 0.717) is 0 Å². The van der Waals surface area contributed by atoms with Gasteiger partial charge >= 0.3 is 18.3 Å². The van der Waals surface area contributed by atoms with E-state index in [4.69, 9.17) is 5.11 Å². The fraction of sp³-hybridized carbons (Fsp3) is 0.182. The molecule has 1 N–H and O–H groups in total. The number of hydrogen-bond donors (Lipinski definition) is 1. The number of alkyl halides is 2. The number of carboxylic acid groups (broad SMARTS) is 1. The van der Waals surface area contributed by atoms with E-state index in [-0.39, 0.29) is 11.1 Å². The average molecular weight is 273 g/mol. The van der Waals surface area contributed by atoms with Crippen molar-refractivity contribution < 1.29 is 28.3 Å². The number of benzene rings is 1. The van der Waals surface area contributed by atoms with E-state index in [2.05, 4.69) is 4.74 Å². The second kappa shape index (κ2) is 5.89. The molecule has 0 heterocycles. The molecule has 1 rings (SSSR count). The van der Waals surface area contributed by atoms with Gasteiger partial charge in [0.25, 0.3) is 0 Å². The third kappa shape index (κ3) is 4.02. The highest BCUT2D eigenvalue weighted by Crippen LogP contribution is 2.33. The summed E-state index contributed by atoms with van der Waals surface area (Å²) in [5.74, 6) is -1.76. The zero-order valence-corrected chi connectivity index (χ0v) is 9.67. The predicted octanol–water partition coefficient (Wildman–Crippen LogP) is 2.60. The van der Waals surface area contributed by atoms with E-state index < -0.39 is 28.9 Å². The van der Waals surface area contributed by atoms with Crippen LogP contribution in [0.5, 0.6) is 5.75 Å². The molecule has 0 unspecified atom stereocenters. The van der Waals surface area contributed by atoms with Crippen molar-refractivity contribution in [3.05, 3.63) is 39.4 Å². The maximum Gasteiger partial charge on any atom is 0.387 e. The van der Waals surface area contributed by atoms with Crippen molar-refractivity contribution >= 4 is 17.7 Å². The first kappa shape index (κ1) is 14.6. The van der Waals surface area contributed by atoms with Crippen LogP contribution in [0.2, 0.25) is 0 Å². The minimum absolute atomic E-state index is 0.111. The Morgan fingerprint density at radius 2 is 2.16 bits per heavy atom. The molecule has 0 aliphatic rings. The minimum atomic E-state index is -3.18. The first-order chi connectivity index (χ1) is 8.81. The molecular weight excluding hydrogens is 264 g/mol. The molecule has 0 fully saturated rings. The monoisotopic (exact) mass is 273 g/mol. The maximum atomic E-state index is 12.2. The standard InChI is InChI=1S/C11H9F2NO5/c1-6-4-7(2-3-9(15)16)5-8(14(17)18)10(6)19-11(12)13/h2-5,11H,1H3,(H,15,16)/b3-2+. The fourth-order valence-electron chi connectivity index (χ4n) is 1.42. The Balaban J connectivity index is 3.28. The highest BCUT2D eigenvalue weighted by molar-refractivity contribution is 5.85. The van der Waals surface area contributed by atoms with E-state index in [1.54, 1.807) is 0 Å². The zero-order chi connectivity index (χ0) is 14.6. The van der Waals surface area contributed by atoms with E-state index in [1.807, 2.05) is 0 Å². The molecule has 0 saturated heterocycles. The van der Waals surface area contributed by atoms with Gasteiger partial charge in [-0.1, -0.05) is 0 Å². The minimum Gasteiger partial charge on any atom is -0.478 e. The Morgan fingerprint density at radius 1 is 1.53 bits per heavy atom. The molecule has 0 spiro atoms. The molecule has 0 bridgehead atoms. The van der Waals surface area contributed by atoms with Crippen LogP contribution >= 0.6 is 0 Å². The van der Waals surface area contributed by atoms with Gasteiger partial charge in [-0.25, -0.2) is 4.79 Å². The van der Waals surface area contributed by atoms with Crippen LogP contribution in [0, 0.1) is 17.0 Å². The second-order valence-electron chi connectivity index (χ2n) is 3.49. The van der Waals surface area contributed by atoms with Gasteiger partial charge in [-0.2, -0.15) is 8.78 Å². The quantitative estimate of drug-likeness (QED) is 0.506. The smallest absolute Gasteiger partial charge is 0.387 e. The number of carboxylic acids is 1. The van der Waals surface area contributed by atoms with Crippen molar-refractivity contribution in [2.75, 3.05) is 0 Å². The Kier molecular flexibility index (Phi) is 4.51. The molecule has 1 aromatic carbocycles. The van der Waals surface area contributed by atoms with Crippen LogP contribution in [0.3, 0.4) is 0 Å². The first-order valence-corrected chi connectivity index (χ1v) is 4.96. The maximum absolute atomic E-state index is 12.2. The van der Waals surface area contributed by atoms with Crippen molar-refractivity contribution in [3.63, 3.8) is 0 Å². The lowest BCUT2D eigenvalue weighted by Crippen LogP contribution is -2.06. The molecule has 0 amide bonds. The largest absolute Gasteiger partial charge is 0.478 e. The van der Waals surface area contributed by atoms with Gasteiger partial charge in [0.05, 0.1) is 4.92 Å². The number of nitro benzene ring substituents is 1. The Morgan fingerprint density at radius 3 is 2.63 bits per heavy atom. The number of aryl methyl sites for hydroxylation is 1. The summed E-state index contributed by atoms with van der Waals surface area (Å²) < 4.78 is 28.4. The summed E-state index contributed by atoms with van der Waals surface area (Å²) in [7, 11) is 0. The van der Waals surface area contributed by atoms with Crippen molar-refractivity contribution in [2.24, 2.45) is 0 Å². The highest BCUT2D eigenvalue weighted by atomic mass is 19.3. The molecule has 0 radical (unpaired) electrons. The summed E-state index contributed by atoms with van der Waals surface area (Å²) in [6.07, 6.45) is 1.90. The van der Waals surface area contributed by atoms with Crippen LogP contribution < -0.4 is 4.74 Å². The molecule has 6 nitrogen and oxygen atoms in total. The first-order valence-electron chi connectivity index (χ1n) is 4.96. The Bertz CT molecular complexity index is 542. The van der Waals surface area contributed by atoms with Crippen molar-refractivity contribution in [1.82, 2.24) is 0 Å². The molecule has 0 saturated carbocycles. The summed E-state index contributed by atoms with van der Waals surface area (Å²) in [5, 5.41) is 19.2. The van der Waals surface area contributed by atoms with Gasteiger partial charge in [-0.3, -0.25) is 10.1 Å². The number of halogens is 2. The molecule has 0 aromatic heterocycles. The van der Waals surface area contributed by atoms with E-state index in [9.17, 15) is 23.7 Å². The van der Waals surface area contributed by atoms with Gasteiger partial charge in [0.2, 0.25) is 5.75 Å². The summed E-state index contributed by atoms with van der Waals surface area (Å²) in [4.78, 5) is 20.3. The van der Waals surface area contributed by atoms with E-state index >= 15 is 0 Å². The molecule has 8 heteroatoms. The van der Waals surface area contributed by atoms with Crippen LogP contribution in [0.4, 0.5) is 14.5 Å². The third-order valence-corrected chi connectivity index (χ3v) is 2.10. The van der Waals surface area contributed by atoms with Crippen LogP contribution in [0.1, 0.15) is 11.1 Å². The van der Waals surface area contributed by atoms with Crippen molar-refractivity contribution in [2.45, 2.75) is 13.5 Å². The molecule has 1 aromatic rings. The Hall–Kier alpha value is -2.51. The molecule has 102 valence electrons. The number of ether oxygens (including phenoxy) is 1. The zero-order valence-electron chi connectivity index (χ0n) is 9.67. The van der Waals surface area contributed by atoms with E-state index in [1.165, 1.54) is 13.0 Å². The number of nitro groups is 1. The number of carbonyl (C=O) groups is 1. The molecule has 0 aliphatic heterocycles. The molecule has 0 atom stereocenters. The summed E-state index contributed by atoms with van der Waals surface area (Å²) in [6, 6.07) is 2.27. The van der Waals surface area contributed by atoms with Gasteiger partial charge < -0.3 is 9.84 Å². The summed E-state index contributed by atoms with van der Waals surface area (Å²) in [6.45, 7) is -1.83.